The number of nitrogens with one attached hydrogen (secondary N) is 2. The van der Waals surface area contributed by atoms with Gasteiger partial charge < -0.3 is 29.0 Å². The Bertz CT molecular complexity index is 1320. The number of hydrogen-bond acceptors (Lipinski definition) is 10. The van der Waals surface area contributed by atoms with E-state index in [1.54, 1.807) is 5.38 Å². The molecule has 0 unspecified atom stereocenters. The van der Waals surface area contributed by atoms with E-state index in [2.05, 4.69) is 15.0 Å². The molecule has 1 aromatic heterocycles. The number of thiazole rings is 1. The molecular formula is C27H33N3O8S2. The van der Waals surface area contributed by atoms with Crippen LogP contribution in [-0.4, -0.2) is 61.6 Å². The van der Waals surface area contributed by atoms with Gasteiger partial charge in [0.2, 0.25) is 0 Å². The van der Waals surface area contributed by atoms with E-state index in [4.69, 9.17) is 23.7 Å². The first kappa shape index (κ1) is 26.7. The van der Waals surface area contributed by atoms with Crippen LogP contribution in [0.5, 0.6) is 0 Å². The van der Waals surface area contributed by atoms with Gasteiger partial charge in [-0.05, 0) is 49.9 Å². The monoisotopic (exact) mass is 591 g/mol. The summed E-state index contributed by atoms with van der Waals surface area (Å²) in [7, 11) is -3.81. The first-order valence-corrected chi connectivity index (χ1v) is 16.4. The van der Waals surface area contributed by atoms with E-state index >= 15 is 0 Å². The molecule has 5 atom stereocenters. The lowest BCUT2D eigenvalue weighted by atomic mass is 9.94. The minimum Gasteiger partial charge on any atom is -0.341 e. The van der Waals surface area contributed by atoms with Crippen molar-refractivity contribution in [3.05, 3.63) is 35.8 Å². The maximum Gasteiger partial charge on any atom is 0.263 e. The Morgan fingerprint density at radius 2 is 1.48 bits per heavy atom. The number of hydrogen-bond donors (Lipinski definition) is 2. The second-order valence-corrected chi connectivity index (χ2v) is 13.8. The predicted octanol–water partition coefficient (Wildman–Crippen LogP) is 4.13. The number of nitrogens with zero attached hydrogens (tertiary/aromatic N) is 1. The first-order valence-electron chi connectivity index (χ1n) is 14.0. The largest absolute Gasteiger partial charge is 0.341 e. The summed E-state index contributed by atoms with van der Waals surface area (Å²) in [5, 5.41) is 4.83. The fraction of sp³-hybridized carbons (Fsp3) is 0.630. The number of carbonyl (C=O) groups is 1. The molecule has 5 fully saturated rings. The van der Waals surface area contributed by atoms with Crippen LogP contribution in [0.1, 0.15) is 64.2 Å². The number of sulfonamides is 1. The average molecular weight is 592 g/mol. The summed E-state index contributed by atoms with van der Waals surface area (Å²) >= 11 is 1.19. The highest BCUT2D eigenvalue weighted by atomic mass is 32.2. The molecule has 2 N–H and O–H groups in total. The maximum absolute atomic E-state index is 13.6. The van der Waals surface area contributed by atoms with Crippen LogP contribution >= 0.6 is 11.3 Å². The van der Waals surface area contributed by atoms with Crippen molar-refractivity contribution < 1.29 is 36.9 Å². The lowest BCUT2D eigenvalue weighted by molar-refractivity contribution is -0.246. The molecule has 3 saturated heterocycles. The fourth-order valence-corrected chi connectivity index (χ4v) is 8.34. The van der Waals surface area contributed by atoms with Crippen LogP contribution < -0.4 is 10.0 Å². The molecule has 216 valence electrons. The molecule has 4 heterocycles. The van der Waals surface area contributed by atoms with Gasteiger partial charge in [0.25, 0.3) is 15.9 Å². The summed E-state index contributed by atoms with van der Waals surface area (Å²) in [4.78, 5) is 17.6. The number of aromatic nitrogens is 1. The molecule has 13 heteroatoms. The number of ether oxygens (including phenoxy) is 5. The van der Waals surface area contributed by atoms with E-state index in [0.717, 1.165) is 64.2 Å². The second-order valence-electron chi connectivity index (χ2n) is 11.2. The van der Waals surface area contributed by atoms with Crippen molar-refractivity contribution in [1.82, 2.24) is 4.98 Å². The average Bonchev–Trinajstić information content (AvgIpc) is 3.67. The molecule has 11 nitrogen and oxygen atoms in total. The van der Waals surface area contributed by atoms with Crippen LogP contribution in [0.4, 0.5) is 10.8 Å². The summed E-state index contributed by atoms with van der Waals surface area (Å²) in [6.07, 6.45) is 7.62. The standard InChI is InChI=1S/C27H33N3O8S2/c31-23(29-17-7-9-18(10-8-17)40(32,33)30-25-28-15-16-39-25)21-19-20(36-26(35-19)11-3-1-4-12-26)22-24(34-21)38-27(37-22)13-5-2-6-14-27/h7-10,15-16,19-22,24H,1-6,11-14H2,(H,28,30)(H,29,31)/t19-,20+,21+,22-,24-/m1/s1. The van der Waals surface area contributed by atoms with Gasteiger partial charge in [0.15, 0.2) is 29.1 Å². The van der Waals surface area contributed by atoms with Gasteiger partial charge in [0, 0.05) is 42.9 Å². The highest BCUT2D eigenvalue weighted by molar-refractivity contribution is 7.93. The van der Waals surface area contributed by atoms with E-state index in [1.807, 2.05) is 0 Å². The Morgan fingerprint density at radius 3 is 2.12 bits per heavy atom. The summed E-state index contributed by atoms with van der Waals surface area (Å²) < 4.78 is 60.1. The van der Waals surface area contributed by atoms with E-state index in [0.29, 0.717) is 5.69 Å². The van der Waals surface area contributed by atoms with Gasteiger partial charge in [-0.15, -0.1) is 11.3 Å². The maximum atomic E-state index is 13.6. The highest BCUT2D eigenvalue weighted by Crippen LogP contribution is 2.51. The van der Waals surface area contributed by atoms with Crippen molar-refractivity contribution in [3.8, 4) is 0 Å². The lowest BCUT2D eigenvalue weighted by Crippen LogP contribution is -2.58. The van der Waals surface area contributed by atoms with Gasteiger partial charge in [-0.3, -0.25) is 9.52 Å². The molecule has 0 radical (unpaired) electrons. The normalized spacial score (nSPS) is 32.5. The van der Waals surface area contributed by atoms with Crippen LogP contribution in [0, 0.1) is 0 Å². The number of benzene rings is 1. The zero-order valence-corrected chi connectivity index (χ0v) is 23.6. The zero-order valence-electron chi connectivity index (χ0n) is 22.0. The molecule has 2 aromatic rings. The Labute approximate surface area is 236 Å². The summed E-state index contributed by atoms with van der Waals surface area (Å²) in [6.45, 7) is 0. The molecular weight excluding hydrogens is 558 g/mol. The molecule has 3 aliphatic heterocycles. The molecule has 40 heavy (non-hydrogen) atoms. The Morgan fingerprint density at radius 1 is 0.850 bits per heavy atom. The first-order chi connectivity index (χ1) is 19.3. The van der Waals surface area contributed by atoms with Gasteiger partial charge in [-0.1, -0.05) is 12.8 Å². The Balaban J connectivity index is 1.09. The molecule has 5 aliphatic rings. The van der Waals surface area contributed by atoms with E-state index in [1.165, 1.54) is 41.8 Å². The summed E-state index contributed by atoms with van der Waals surface area (Å²) in [5.41, 5.74) is 0.430. The van der Waals surface area contributed by atoms with Crippen molar-refractivity contribution >= 4 is 38.1 Å². The third-order valence-corrected chi connectivity index (χ3v) is 10.6. The smallest absolute Gasteiger partial charge is 0.263 e. The topological polar surface area (TPSA) is 134 Å². The second kappa shape index (κ2) is 10.3. The van der Waals surface area contributed by atoms with Crippen molar-refractivity contribution in [2.45, 2.75) is 111 Å². The molecule has 1 amide bonds. The highest BCUT2D eigenvalue weighted by Gasteiger charge is 2.65. The van der Waals surface area contributed by atoms with Crippen molar-refractivity contribution in [2.75, 3.05) is 10.0 Å². The van der Waals surface area contributed by atoms with Crippen molar-refractivity contribution in [2.24, 2.45) is 0 Å². The quantitative estimate of drug-likeness (QED) is 0.526. The zero-order chi connectivity index (χ0) is 27.4. The van der Waals surface area contributed by atoms with E-state index in [-0.39, 0.29) is 10.0 Å². The summed E-state index contributed by atoms with van der Waals surface area (Å²) in [6, 6.07) is 5.94. The minimum absolute atomic E-state index is 0.0542. The minimum atomic E-state index is -3.81. The van der Waals surface area contributed by atoms with E-state index < -0.39 is 58.2 Å². The summed E-state index contributed by atoms with van der Waals surface area (Å²) in [5.74, 6) is -1.85. The molecule has 1 aromatic carbocycles. The third-order valence-electron chi connectivity index (χ3n) is 8.45. The van der Waals surface area contributed by atoms with Gasteiger partial charge in [0.05, 0.1) is 4.90 Å². The Hall–Kier alpha value is -2.13. The van der Waals surface area contributed by atoms with Crippen molar-refractivity contribution in [3.63, 3.8) is 0 Å². The van der Waals surface area contributed by atoms with Gasteiger partial charge in [-0.2, -0.15) is 0 Å². The molecule has 7 rings (SSSR count). The van der Waals surface area contributed by atoms with E-state index in [9.17, 15) is 13.2 Å². The molecule has 0 bridgehead atoms. The third kappa shape index (κ3) is 4.95. The lowest BCUT2D eigenvalue weighted by Gasteiger charge is -2.36. The number of rotatable bonds is 5. The van der Waals surface area contributed by atoms with Gasteiger partial charge in [0.1, 0.15) is 18.3 Å². The van der Waals surface area contributed by atoms with Gasteiger partial charge in [-0.25, -0.2) is 13.4 Å². The van der Waals surface area contributed by atoms with Crippen LogP contribution in [0.15, 0.2) is 40.7 Å². The Kier molecular flexibility index (Phi) is 6.89. The molecule has 2 saturated carbocycles. The van der Waals surface area contributed by atoms with Crippen LogP contribution in [0.3, 0.4) is 0 Å². The van der Waals surface area contributed by atoms with Crippen LogP contribution in [0.2, 0.25) is 0 Å². The fourth-order valence-electron chi connectivity index (χ4n) is 6.55. The SMILES string of the molecule is O=C(Nc1ccc(S(=O)(=O)Nc2nccs2)cc1)[C@H]1O[C@@H]2OC3(CCCCC3)O[C@@H]2[C@H]2OC3(CCCCC3)O[C@H]21. The van der Waals surface area contributed by atoms with Crippen molar-refractivity contribution in [1.29, 1.82) is 0 Å². The number of amides is 1. The predicted molar refractivity (Wildman–Crippen MR) is 144 cm³/mol. The molecule has 2 aliphatic carbocycles. The molecule has 2 spiro atoms. The van der Waals surface area contributed by atoms with Crippen LogP contribution in [-0.2, 0) is 38.5 Å². The van der Waals surface area contributed by atoms with Gasteiger partial charge >= 0.3 is 0 Å². The number of carbonyl (C=O) groups excluding carboxylic acids is 1. The van der Waals surface area contributed by atoms with Crippen LogP contribution in [0.25, 0.3) is 0 Å². The number of fused-ring (bicyclic) bond motifs is 3. The number of anilines is 2.